The van der Waals surface area contributed by atoms with E-state index >= 15 is 0 Å². The van der Waals surface area contributed by atoms with E-state index < -0.39 is 9.84 Å². The summed E-state index contributed by atoms with van der Waals surface area (Å²) in [6, 6.07) is 0. The maximum absolute atomic E-state index is 11.3. The first kappa shape index (κ1) is 11.3. The molecule has 1 radical (unpaired) electrons. The molecule has 1 atom stereocenters. The third-order valence-electron chi connectivity index (χ3n) is 1.57. The average molecular weight is 195 g/mol. The normalized spacial score (nSPS) is 14.8. The van der Waals surface area contributed by atoms with E-state index in [1.807, 2.05) is 6.26 Å². The van der Waals surface area contributed by atoms with E-state index in [1.165, 1.54) is 0 Å². The Morgan fingerprint density at radius 2 is 2.09 bits per heavy atom. The highest BCUT2D eigenvalue weighted by Gasteiger charge is 2.20. The molecule has 0 aromatic heterocycles. The molecule has 4 heteroatoms. The molecule has 0 aromatic carbocycles. The lowest BCUT2D eigenvalue weighted by atomic mass is 10.4. The first-order valence-corrected chi connectivity index (χ1v) is 6.69. The van der Waals surface area contributed by atoms with Gasteiger partial charge >= 0.3 is 0 Å². The molecule has 0 saturated heterocycles. The van der Waals surface area contributed by atoms with Crippen molar-refractivity contribution in [2.24, 2.45) is 0 Å². The molecule has 0 bridgehead atoms. The molecule has 0 heterocycles. The molecular weight excluding hydrogens is 180 g/mol. The monoisotopic (exact) mass is 195 g/mol. The van der Waals surface area contributed by atoms with Crippen LogP contribution in [0.5, 0.6) is 0 Å². The fourth-order valence-corrected chi connectivity index (χ4v) is 3.39. The Balaban J connectivity index is 4.25. The summed E-state index contributed by atoms with van der Waals surface area (Å²) in [5, 5.41) is -0.262. The third-order valence-corrected chi connectivity index (χ3v) is 4.64. The molecule has 0 N–H and O–H groups in total. The number of rotatable bonds is 5. The SMILES string of the molecule is C[CH]C(CSC)S(=O)(=O)CC. The predicted molar refractivity (Wildman–Crippen MR) is 51.6 cm³/mol. The minimum absolute atomic E-state index is 0.239. The van der Waals surface area contributed by atoms with Crippen LogP contribution in [-0.2, 0) is 9.84 Å². The van der Waals surface area contributed by atoms with Gasteiger partial charge in [-0.1, -0.05) is 13.8 Å². The van der Waals surface area contributed by atoms with Gasteiger partial charge in [-0.25, -0.2) is 8.42 Å². The molecule has 1 unspecified atom stereocenters. The Labute approximate surface area is 73.7 Å². The van der Waals surface area contributed by atoms with Crippen molar-refractivity contribution in [2.75, 3.05) is 17.8 Å². The number of thioether (sulfide) groups is 1. The molecule has 0 aromatic rings. The molecule has 0 aliphatic carbocycles. The number of hydrogen-bond acceptors (Lipinski definition) is 3. The van der Waals surface area contributed by atoms with Crippen LogP contribution in [0.15, 0.2) is 0 Å². The highest BCUT2D eigenvalue weighted by Crippen LogP contribution is 2.11. The molecule has 2 nitrogen and oxygen atoms in total. The zero-order chi connectivity index (χ0) is 8.91. The van der Waals surface area contributed by atoms with Crippen molar-refractivity contribution in [2.45, 2.75) is 19.1 Å². The second kappa shape index (κ2) is 5.04. The van der Waals surface area contributed by atoms with E-state index in [0.29, 0.717) is 5.75 Å². The quantitative estimate of drug-likeness (QED) is 0.664. The fraction of sp³-hybridized carbons (Fsp3) is 0.857. The van der Waals surface area contributed by atoms with Crippen molar-refractivity contribution >= 4 is 21.6 Å². The smallest absolute Gasteiger partial charge is 0.153 e. The van der Waals surface area contributed by atoms with Gasteiger partial charge in [-0.05, 0) is 12.7 Å². The first-order chi connectivity index (χ1) is 5.08. The highest BCUT2D eigenvalue weighted by atomic mass is 32.2. The zero-order valence-electron chi connectivity index (χ0n) is 7.20. The predicted octanol–water partition coefficient (Wildman–Crippen LogP) is 1.38. The van der Waals surface area contributed by atoms with E-state index in [-0.39, 0.29) is 11.0 Å². The summed E-state index contributed by atoms with van der Waals surface area (Å²) < 4.78 is 22.6. The van der Waals surface area contributed by atoms with Crippen LogP contribution in [0.1, 0.15) is 13.8 Å². The summed E-state index contributed by atoms with van der Waals surface area (Å²) in [6.07, 6.45) is 3.68. The Morgan fingerprint density at radius 3 is 2.36 bits per heavy atom. The van der Waals surface area contributed by atoms with Crippen molar-refractivity contribution in [1.29, 1.82) is 0 Å². The van der Waals surface area contributed by atoms with Crippen molar-refractivity contribution in [1.82, 2.24) is 0 Å². The van der Waals surface area contributed by atoms with Crippen molar-refractivity contribution in [3.8, 4) is 0 Å². The van der Waals surface area contributed by atoms with Gasteiger partial charge in [0.15, 0.2) is 9.84 Å². The zero-order valence-corrected chi connectivity index (χ0v) is 8.83. The fourth-order valence-electron chi connectivity index (χ4n) is 0.786. The van der Waals surface area contributed by atoms with Gasteiger partial charge in [0.1, 0.15) is 0 Å². The molecule has 0 rings (SSSR count). The minimum Gasteiger partial charge on any atom is -0.229 e. The second-order valence-corrected chi connectivity index (χ2v) is 5.70. The lowest BCUT2D eigenvalue weighted by molar-refractivity contribution is 0.591. The Kier molecular flexibility index (Phi) is 5.17. The van der Waals surface area contributed by atoms with Gasteiger partial charge < -0.3 is 0 Å². The van der Waals surface area contributed by atoms with Crippen LogP contribution in [-0.4, -0.2) is 31.4 Å². The van der Waals surface area contributed by atoms with Crippen LogP contribution in [0.2, 0.25) is 0 Å². The lowest BCUT2D eigenvalue weighted by Crippen LogP contribution is -2.25. The van der Waals surface area contributed by atoms with Gasteiger partial charge in [0.25, 0.3) is 0 Å². The van der Waals surface area contributed by atoms with Crippen LogP contribution < -0.4 is 0 Å². The lowest BCUT2D eigenvalue weighted by Gasteiger charge is -2.11. The van der Waals surface area contributed by atoms with E-state index in [4.69, 9.17) is 0 Å². The first-order valence-electron chi connectivity index (χ1n) is 3.58. The number of sulfone groups is 1. The summed E-state index contributed by atoms with van der Waals surface area (Å²) in [4.78, 5) is 0. The summed E-state index contributed by atoms with van der Waals surface area (Å²) >= 11 is 1.57. The topological polar surface area (TPSA) is 34.1 Å². The molecule has 0 amide bonds. The molecule has 0 spiro atoms. The molecule has 0 aliphatic heterocycles. The van der Waals surface area contributed by atoms with E-state index in [0.717, 1.165) is 0 Å². The van der Waals surface area contributed by atoms with Crippen LogP contribution in [0, 0.1) is 6.42 Å². The van der Waals surface area contributed by atoms with Gasteiger partial charge in [-0.2, -0.15) is 11.8 Å². The van der Waals surface area contributed by atoms with Crippen LogP contribution in [0.4, 0.5) is 0 Å². The van der Waals surface area contributed by atoms with Crippen LogP contribution in [0.25, 0.3) is 0 Å². The molecule has 11 heavy (non-hydrogen) atoms. The second-order valence-electron chi connectivity index (χ2n) is 2.28. The number of hydrogen-bond donors (Lipinski definition) is 0. The van der Waals surface area contributed by atoms with E-state index in [1.54, 1.807) is 32.0 Å². The van der Waals surface area contributed by atoms with Crippen LogP contribution >= 0.6 is 11.8 Å². The van der Waals surface area contributed by atoms with Gasteiger partial charge in [0.2, 0.25) is 0 Å². The molecule has 0 saturated carbocycles. The van der Waals surface area contributed by atoms with Crippen molar-refractivity contribution < 1.29 is 8.42 Å². The maximum Gasteiger partial charge on any atom is 0.153 e. The summed E-state index contributed by atoms with van der Waals surface area (Å²) in [5.74, 6) is 0.912. The summed E-state index contributed by atoms with van der Waals surface area (Å²) in [7, 11) is -2.85. The molecule has 0 fully saturated rings. The Morgan fingerprint density at radius 1 is 1.55 bits per heavy atom. The minimum atomic E-state index is -2.85. The van der Waals surface area contributed by atoms with Gasteiger partial charge in [-0.3, -0.25) is 0 Å². The highest BCUT2D eigenvalue weighted by molar-refractivity contribution is 8.00. The van der Waals surface area contributed by atoms with Gasteiger partial charge in [0, 0.05) is 11.5 Å². The summed E-state index contributed by atoms with van der Waals surface area (Å²) in [5.41, 5.74) is 0. The molecular formula is C7H15O2S2. The summed E-state index contributed by atoms with van der Waals surface area (Å²) in [6.45, 7) is 3.49. The standard InChI is InChI=1S/C7H15O2S2/c1-4-7(6-10-3)11(8,9)5-2/h4,7H,5-6H2,1-3H3. The molecule has 0 aliphatic rings. The van der Waals surface area contributed by atoms with Crippen molar-refractivity contribution in [3.63, 3.8) is 0 Å². The Bertz CT molecular complexity index is 185. The maximum atomic E-state index is 11.3. The Hall–Kier alpha value is 0.300. The van der Waals surface area contributed by atoms with Crippen molar-refractivity contribution in [3.05, 3.63) is 6.42 Å². The van der Waals surface area contributed by atoms with E-state index in [9.17, 15) is 8.42 Å². The molecule has 67 valence electrons. The van der Waals surface area contributed by atoms with E-state index in [2.05, 4.69) is 0 Å². The van der Waals surface area contributed by atoms with Gasteiger partial charge in [-0.15, -0.1) is 0 Å². The average Bonchev–Trinajstić information content (AvgIpc) is 2.00. The largest absolute Gasteiger partial charge is 0.229 e. The van der Waals surface area contributed by atoms with Gasteiger partial charge in [0.05, 0.1) is 5.25 Å². The third kappa shape index (κ3) is 3.47. The van der Waals surface area contributed by atoms with Crippen LogP contribution in [0.3, 0.4) is 0 Å².